The van der Waals surface area contributed by atoms with Gasteiger partial charge in [0.05, 0.1) is 12.5 Å². The number of nitrogens with one attached hydrogen (secondary N) is 1. The van der Waals surface area contributed by atoms with E-state index in [1.54, 1.807) is 6.92 Å². The Balaban J connectivity index is 1.84. The first-order valence-corrected chi connectivity index (χ1v) is 8.39. The Morgan fingerprint density at radius 1 is 1.42 bits per heavy atom. The van der Waals surface area contributed by atoms with E-state index >= 15 is 0 Å². The van der Waals surface area contributed by atoms with Crippen molar-refractivity contribution < 1.29 is 27.7 Å². The van der Waals surface area contributed by atoms with Crippen molar-refractivity contribution in [3.05, 3.63) is 18.1 Å². The van der Waals surface area contributed by atoms with Crippen LogP contribution in [0.25, 0.3) is 0 Å². The predicted octanol–water partition coefficient (Wildman–Crippen LogP) is 1.52. The third kappa shape index (κ3) is 5.85. The van der Waals surface area contributed by atoms with Gasteiger partial charge in [0.15, 0.2) is 5.82 Å². The fraction of sp³-hybridized carbons (Fsp3) is 0.625. The number of carbonyl (C=O) groups is 3. The molecule has 143 valence electrons. The molecular formula is C16H21F2N4O4. The molecule has 1 atom stereocenters. The van der Waals surface area contributed by atoms with Crippen molar-refractivity contribution in [2.24, 2.45) is 5.73 Å². The molecule has 0 spiro atoms. The second-order valence-electron chi connectivity index (χ2n) is 6.30. The molecule has 1 aliphatic carbocycles. The fourth-order valence-corrected chi connectivity index (χ4v) is 2.23. The minimum atomic E-state index is -3.23. The van der Waals surface area contributed by atoms with Crippen LogP contribution in [0.2, 0.25) is 0 Å². The van der Waals surface area contributed by atoms with Gasteiger partial charge in [0.2, 0.25) is 23.5 Å². The van der Waals surface area contributed by atoms with Gasteiger partial charge in [-0.05, 0) is 19.3 Å². The van der Waals surface area contributed by atoms with E-state index in [1.165, 1.54) is 0 Å². The summed E-state index contributed by atoms with van der Waals surface area (Å²) >= 11 is 0. The number of alkyl halides is 2. The average Bonchev–Trinajstić information content (AvgIpc) is 3.33. The van der Waals surface area contributed by atoms with Crippen molar-refractivity contribution in [3.63, 3.8) is 0 Å². The number of amides is 2. The average molecular weight is 371 g/mol. The van der Waals surface area contributed by atoms with Gasteiger partial charge >= 0.3 is 0 Å². The molecule has 1 saturated carbocycles. The van der Waals surface area contributed by atoms with E-state index in [0.29, 0.717) is 5.82 Å². The van der Waals surface area contributed by atoms with Crippen LogP contribution in [0.3, 0.4) is 0 Å². The minimum absolute atomic E-state index is 0.203. The zero-order valence-corrected chi connectivity index (χ0v) is 14.3. The van der Waals surface area contributed by atoms with Gasteiger partial charge in [0, 0.05) is 25.2 Å². The topological polar surface area (TPSA) is 128 Å². The van der Waals surface area contributed by atoms with Crippen molar-refractivity contribution in [3.8, 4) is 0 Å². The molecule has 1 fully saturated rings. The lowest BCUT2D eigenvalue weighted by Gasteiger charge is -2.17. The Bertz CT molecular complexity index is 673. The smallest absolute Gasteiger partial charge is 0.296 e. The molecule has 1 aromatic rings. The van der Waals surface area contributed by atoms with Gasteiger partial charge in [-0.2, -0.15) is 4.98 Å². The summed E-state index contributed by atoms with van der Waals surface area (Å²) in [6, 6.07) is -0.953. The molecule has 1 aromatic heterocycles. The summed E-state index contributed by atoms with van der Waals surface area (Å²) in [6.45, 7) is 1.66. The van der Waals surface area contributed by atoms with E-state index in [1.807, 2.05) is 0 Å². The van der Waals surface area contributed by atoms with Crippen molar-refractivity contribution >= 4 is 17.6 Å². The molecule has 26 heavy (non-hydrogen) atoms. The maximum atomic E-state index is 13.6. The van der Waals surface area contributed by atoms with Crippen LogP contribution in [0.5, 0.6) is 0 Å². The number of primary amides is 1. The molecule has 10 heteroatoms. The Morgan fingerprint density at radius 2 is 2.12 bits per heavy atom. The molecule has 1 radical (unpaired) electrons. The zero-order valence-electron chi connectivity index (χ0n) is 14.3. The first-order chi connectivity index (χ1) is 12.2. The lowest BCUT2D eigenvalue weighted by Crippen LogP contribution is -2.41. The number of nitrogens with zero attached hydrogens (tertiary/aromatic N) is 2. The van der Waals surface area contributed by atoms with Gasteiger partial charge in [-0.15, -0.1) is 0 Å². The standard InChI is InChI=1S/C16H21F2N4O4/c1-2-10(13(25)15-21-14(22-26-15)9-3-4-9)20-12(24)6-8-16(17,18)7-5-11(19)23/h6,9-10H,2-5,7-8H2,1H3,(H2,19,23)(H,20,24)/t10-/m1/s1. The number of hydrogen-bond donors (Lipinski definition) is 2. The van der Waals surface area contributed by atoms with Gasteiger partial charge < -0.3 is 15.6 Å². The molecule has 0 aromatic carbocycles. The van der Waals surface area contributed by atoms with Crippen LogP contribution < -0.4 is 11.1 Å². The Morgan fingerprint density at radius 3 is 2.69 bits per heavy atom. The van der Waals surface area contributed by atoms with Crippen LogP contribution in [-0.4, -0.2) is 39.7 Å². The van der Waals surface area contributed by atoms with E-state index in [9.17, 15) is 23.2 Å². The van der Waals surface area contributed by atoms with Crippen molar-refractivity contribution in [2.45, 2.75) is 63.3 Å². The largest absolute Gasteiger partial charge is 0.370 e. The molecule has 0 unspecified atom stereocenters. The molecule has 0 saturated heterocycles. The SMILES string of the molecule is CC[C@@H](NC(=O)[CH]CC(F)(F)CCC(N)=O)C(=O)c1nc(C2CC2)no1. The molecule has 3 N–H and O–H groups in total. The number of rotatable bonds is 11. The third-order valence-corrected chi connectivity index (χ3v) is 3.96. The molecule has 1 heterocycles. The van der Waals surface area contributed by atoms with Crippen LogP contribution in [0.1, 0.15) is 67.9 Å². The van der Waals surface area contributed by atoms with Crippen LogP contribution >= 0.6 is 0 Å². The summed E-state index contributed by atoms with van der Waals surface area (Å²) in [4.78, 5) is 38.8. The lowest BCUT2D eigenvalue weighted by atomic mass is 10.1. The number of ketones is 1. The van der Waals surface area contributed by atoms with Crippen LogP contribution in [0.4, 0.5) is 8.78 Å². The summed E-state index contributed by atoms with van der Waals surface area (Å²) in [7, 11) is 0. The molecule has 2 amide bonds. The molecule has 1 aliphatic rings. The molecular weight excluding hydrogens is 350 g/mol. The third-order valence-electron chi connectivity index (χ3n) is 3.96. The number of nitrogens with two attached hydrogens (primary N) is 1. The van der Waals surface area contributed by atoms with Gasteiger partial charge in [-0.25, -0.2) is 8.78 Å². The highest BCUT2D eigenvalue weighted by molar-refractivity contribution is 5.99. The monoisotopic (exact) mass is 371 g/mol. The van der Waals surface area contributed by atoms with E-state index in [4.69, 9.17) is 10.3 Å². The maximum Gasteiger partial charge on any atom is 0.296 e. The van der Waals surface area contributed by atoms with Crippen LogP contribution in [0.15, 0.2) is 4.52 Å². The summed E-state index contributed by atoms with van der Waals surface area (Å²) in [6.07, 6.45) is 0.800. The molecule has 2 rings (SSSR count). The summed E-state index contributed by atoms with van der Waals surface area (Å²) in [5, 5.41) is 6.09. The number of Topliss-reactive ketones (excluding diaryl/α,β-unsaturated/α-hetero) is 1. The number of halogens is 2. The predicted molar refractivity (Wildman–Crippen MR) is 85.1 cm³/mol. The highest BCUT2D eigenvalue weighted by atomic mass is 19.3. The highest BCUT2D eigenvalue weighted by Gasteiger charge is 2.33. The molecule has 0 aliphatic heterocycles. The zero-order chi connectivity index (χ0) is 19.3. The Hall–Kier alpha value is -2.39. The van der Waals surface area contributed by atoms with E-state index in [-0.39, 0.29) is 18.2 Å². The number of aromatic nitrogens is 2. The number of hydrogen-bond acceptors (Lipinski definition) is 6. The van der Waals surface area contributed by atoms with E-state index < -0.39 is 48.8 Å². The van der Waals surface area contributed by atoms with Gasteiger partial charge in [0.1, 0.15) is 0 Å². The second-order valence-corrected chi connectivity index (χ2v) is 6.30. The molecule has 8 nitrogen and oxygen atoms in total. The number of carbonyl (C=O) groups excluding carboxylic acids is 3. The van der Waals surface area contributed by atoms with Crippen molar-refractivity contribution in [2.75, 3.05) is 0 Å². The van der Waals surface area contributed by atoms with Gasteiger partial charge in [0.25, 0.3) is 5.89 Å². The second kappa shape index (κ2) is 8.33. The maximum absolute atomic E-state index is 13.6. The summed E-state index contributed by atoms with van der Waals surface area (Å²) in [5.41, 5.74) is 4.83. The van der Waals surface area contributed by atoms with Gasteiger partial charge in [-0.1, -0.05) is 12.1 Å². The first-order valence-electron chi connectivity index (χ1n) is 8.39. The first kappa shape index (κ1) is 19.9. The normalized spacial score (nSPS) is 15.5. The summed E-state index contributed by atoms with van der Waals surface area (Å²) in [5.74, 6) is -4.97. The van der Waals surface area contributed by atoms with Crippen molar-refractivity contribution in [1.82, 2.24) is 15.5 Å². The van der Waals surface area contributed by atoms with Crippen LogP contribution in [-0.2, 0) is 9.59 Å². The fourth-order valence-electron chi connectivity index (χ4n) is 2.23. The Kier molecular flexibility index (Phi) is 6.38. The quantitative estimate of drug-likeness (QED) is 0.568. The summed E-state index contributed by atoms with van der Waals surface area (Å²) < 4.78 is 32.0. The lowest BCUT2D eigenvalue weighted by molar-refractivity contribution is -0.120. The van der Waals surface area contributed by atoms with Crippen LogP contribution in [0, 0.1) is 6.42 Å². The highest BCUT2D eigenvalue weighted by Crippen LogP contribution is 2.38. The minimum Gasteiger partial charge on any atom is -0.370 e. The Labute approximate surface area is 148 Å². The van der Waals surface area contributed by atoms with E-state index in [0.717, 1.165) is 19.3 Å². The van der Waals surface area contributed by atoms with E-state index in [2.05, 4.69) is 15.5 Å². The van der Waals surface area contributed by atoms with Crippen molar-refractivity contribution in [1.29, 1.82) is 0 Å². The van der Waals surface area contributed by atoms with Gasteiger partial charge in [-0.3, -0.25) is 14.4 Å². The molecule has 0 bridgehead atoms.